The largest absolute Gasteiger partial charge is 0.495 e. The fourth-order valence-electron chi connectivity index (χ4n) is 2.79. The van der Waals surface area contributed by atoms with Crippen LogP contribution in [0.15, 0.2) is 34.5 Å². The van der Waals surface area contributed by atoms with Gasteiger partial charge in [-0.25, -0.2) is 8.42 Å². The molecule has 0 spiro atoms. The van der Waals surface area contributed by atoms with Gasteiger partial charge in [-0.1, -0.05) is 6.07 Å². The predicted molar refractivity (Wildman–Crippen MR) is 97.4 cm³/mol. The fraction of sp³-hybridized carbons (Fsp3) is 0.444. The number of sulfonamides is 1. The monoisotopic (exact) mass is 365 g/mol. The maximum absolute atomic E-state index is 13.3. The number of benzene rings is 1. The van der Waals surface area contributed by atoms with E-state index in [1.165, 1.54) is 12.0 Å². The molecule has 1 aromatic heterocycles. The molecule has 0 N–H and O–H groups in total. The summed E-state index contributed by atoms with van der Waals surface area (Å²) in [5.74, 6) is 0.430. The van der Waals surface area contributed by atoms with E-state index in [2.05, 4.69) is 6.07 Å². The third-order valence-electron chi connectivity index (χ3n) is 4.48. The maximum Gasteiger partial charge on any atom is 0.247 e. The zero-order valence-electron chi connectivity index (χ0n) is 14.3. The molecule has 4 nitrogen and oxygen atoms in total. The Labute approximate surface area is 148 Å². The Hall–Kier alpha value is -1.37. The Morgan fingerprint density at radius 1 is 1.25 bits per heavy atom. The highest BCUT2D eigenvalue weighted by Crippen LogP contribution is 2.36. The van der Waals surface area contributed by atoms with Crippen LogP contribution in [0, 0.1) is 13.8 Å². The van der Waals surface area contributed by atoms with Crippen molar-refractivity contribution in [1.29, 1.82) is 0 Å². The fourth-order valence-corrected chi connectivity index (χ4v) is 5.40. The van der Waals surface area contributed by atoms with Crippen LogP contribution in [0.5, 0.6) is 5.75 Å². The third kappa shape index (κ3) is 3.50. The molecule has 0 radical (unpaired) electrons. The third-order valence-corrected chi connectivity index (χ3v) is 7.39. The lowest BCUT2D eigenvalue weighted by atomic mass is 10.1. The molecule has 130 valence electrons. The van der Waals surface area contributed by atoms with E-state index in [9.17, 15) is 8.42 Å². The molecule has 2 aromatic rings. The first-order valence-corrected chi connectivity index (χ1v) is 10.4. The first-order chi connectivity index (χ1) is 11.4. The van der Waals surface area contributed by atoms with Crippen LogP contribution in [0.25, 0.3) is 0 Å². The summed E-state index contributed by atoms with van der Waals surface area (Å²) in [6, 6.07) is 7.74. The topological polar surface area (TPSA) is 46.6 Å². The number of nitrogens with zero attached hydrogens (tertiary/aromatic N) is 1. The Bertz CT molecular complexity index is 809. The number of ether oxygens (including phenoxy) is 1. The van der Waals surface area contributed by atoms with Gasteiger partial charge in [-0.05, 0) is 67.8 Å². The van der Waals surface area contributed by atoms with Gasteiger partial charge < -0.3 is 4.74 Å². The maximum atomic E-state index is 13.3. The van der Waals surface area contributed by atoms with Gasteiger partial charge in [-0.3, -0.25) is 0 Å². The minimum atomic E-state index is -3.56. The van der Waals surface area contributed by atoms with E-state index in [4.69, 9.17) is 4.74 Å². The number of aryl methyl sites for hydroxylation is 2. The molecule has 1 aliphatic rings. The molecule has 0 atom stereocenters. The molecule has 0 bridgehead atoms. The number of hydrogen-bond acceptors (Lipinski definition) is 4. The molecule has 6 heteroatoms. The van der Waals surface area contributed by atoms with Crippen molar-refractivity contribution in [3.05, 3.63) is 45.6 Å². The van der Waals surface area contributed by atoms with E-state index in [1.54, 1.807) is 21.7 Å². The predicted octanol–water partition coefficient (Wildman–Crippen LogP) is 3.77. The molecule has 1 aromatic carbocycles. The Balaban J connectivity index is 1.93. The highest BCUT2D eigenvalue weighted by molar-refractivity contribution is 7.89. The van der Waals surface area contributed by atoms with E-state index in [1.807, 2.05) is 31.4 Å². The van der Waals surface area contributed by atoms with Crippen molar-refractivity contribution in [3.63, 3.8) is 0 Å². The first kappa shape index (κ1) is 17.5. The summed E-state index contributed by atoms with van der Waals surface area (Å²) in [4.78, 5) is 1.49. The van der Waals surface area contributed by atoms with E-state index in [-0.39, 0.29) is 10.9 Å². The highest BCUT2D eigenvalue weighted by Gasteiger charge is 2.39. The Morgan fingerprint density at radius 3 is 2.54 bits per heavy atom. The standard InChI is InChI=1S/C18H23NO3S2/c1-13-11-17(22-3)18(12-14(13)2)24(20,21)19(15-6-7-15)9-8-16-5-4-10-23-16/h4-5,10-12,15H,6-9H2,1-3H3. The van der Waals surface area contributed by atoms with Gasteiger partial charge in [0.15, 0.2) is 0 Å². The van der Waals surface area contributed by atoms with Gasteiger partial charge in [-0.2, -0.15) is 4.31 Å². The van der Waals surface area contributed by atoms with Gasteiger partial charge in [-0.15, -0.1) is 11.3 Å². The van der Waals surface area contributed by atoms with Crippen LogP contribution < -0.4 is 4.74 Å². The van der Waals surface area contributed by atoms with E-state index >= 15 is 0 Å². The van der Waals surface area contributed by atoms with Crippen molar-refractivity contribution in [2.45, 2.75) is 44.0 Å². The lowest BCUT2D eigenvalue weighted by Gasteiger charge is -2.23. The molecule has 1 fully saturated rings. The number of thiophene rings is 1. The molecule has 0 saturated heterocycles. The van der Waals surface area contributed by atoms with Crippen LogP contribution >= 0.6 is 11.3 Å². The van der Waals surface area contributed by atoms with E-state index in [0.29, 0.717) is 12.3 Å². The minimum absolute atomic E-state index is 0.126. The highest BCUT2D eigenvalue weighted by atomic mass is 32.2. The number of rotatable bonds is 7. The molecular formula is C18H23NO3S2. The van der Waals surface area contributed by atoms with E-state index < -0.39 is 10.0 Å². The molecule has 0 aliphatic heterocycles. The average molecular weight is 366 g/mol. The molecule has 24 heavy (non-hydrogen) atoms. The summed E-state index contributed by atoms with van der Waals surface area (Å²) in [6.07, 6.45) is 2.63. The van der Waals surface area contributed by atoms with Gasteiger partial charge in [0.2, 0.25) is 10.0 Å². The van der Waals surface area contributed by atoms with Crippen LogP contribution in [0.3, 0.4) is 0 Å². The Morgan fingerprint density at radius 2 is 1.96 bits per heavy atom. The molecule has 0 amide bonds. The second-order valence-corrected chi connectivity index (χ2v) is 9.15. The molecule has 0 unspecified atom stereocenters. The van der Waals surface area contributed by atoms with Crippen molar-refractivity contribution in [2.75, 3.05) is 13.7 Å². The summed E-state index contributed by atoms with van der Waals surface area (Å²) in [5.41, 5.74) is 1.99. The van der Waals surface area contributed by atoms with Crippen LogP contribution in [0.4, 0.5) is 0 Å². The SMILES string of the molecule is COc1cc(C)c(C)cc1S(=O)(=O)N(CCc1cccs1)C1CC1. The van der Waals surface area contributed by atoms with Gasteiger partial charge in [0.25, 0.3) is 0 Å². The lowest BCUT2D eigenvalue weighted by Crippen LogP contribution is -2.35. The van der Waals surface area contributed by atoms with Crippen molar-refractivity contribution >= 4 is 21.4 Å². The average Bonchev–Trinajstić information content (AvgIpc) is 3.24. The van der Waals surface area contributed by atoms with Gasteiger partial charge >= 0.3 is 0 Å². The Kier molecular flexibility index (Phi) is 4.99. The zero-order valence-corrected chi connectivity index (χ0v) is 15.9. The smallest absolute Gasteiger partial charge is 0.247 e. The van der Waals surface area contributed by atoms with Gasteiger partial charge in [0, 0.05) is 17.5 Å². The number of methoxy groups -OCH3 is 1. The van der Waals surface area contributed by atoms with Crippen molar-refractivity contribution in [3.8, 4) is 5.75 Å². The van der Waals surface area contributed by atoms with Crippen LogP contribution in [-0.2, 0) is 16.4 Å². The molecule has 1 heterocycles. The first-order valence-electron chi connectivity index (χ1n) is 8.13. The summed E-state index contributed by atoms with van der Waals surface area (Å²) in [7, 11) is -2.04. The van der Waals surface area contributed by atoms with Gasteiger partial charge in [0.05, 0.1) is 7.11 Å². The van der Waals surface area contributed by atoms with Crippen LogP contribution in [0.1, 0.15) is 28.8 Å². The minimum Gasteiger partial charge on any atom is -0.495 e. The van der Waals surface area contributed by atoms with Crippen molar-refractivity contribution in [1.82, 2.24) is 4.31 Å². The molecule has 1 aliphatic carbocycles. The van der Waals surface area contributed by atoms with Crippen LogP contribution in [-0.4, -0.2) is 32.4 Å². The van der Waals surface area contributed by atoms with Crippen molar-refractivity contribution in [2.24, 2.45) is 0 Å². The van der Waals surface area contributed by atoms with Crippen molar-refractivity contribution < 1.29 is 13.2 Å². The quantitative estimate of drug-likeness (QED) is 0.750. The lowest BCUT2D eigenvalue weighted by molar-refractivity contribution is 0.386. The summed E-state index contributed by atoms with van der Waals surface area (Å²) in [5, 5.41) is 2.03. The van der Waals surface area contributed by atoms with Crippen LogP contribution in [0.2, 0.25) is 0 Å². The summed E-state index contributed by atoms with van der Waals surface area (Å²) in [6.45, 7) is 4.41. The number of hydrogen-bond donors (Lipinski definition) is 0. The van der Waals surface area contributed by atoms with E-state index in [0.717, 1.165) is 30.4 Å². The molecule has 1 saturated carbocycles. The molecular weight excluding hydrogens is 342 g/mol. The molecule has 3 rings (SSSR count). The second kappa shape index (κ2) is 6.86. The summed E-state index contributed by atoms with van der Waals surface area (Å²) >= 11 is 1.67. The zero-order chi connectivity index (χ0) is 17.3. The summed E-state index contributed by atoms with van der Waals surface area (Å²) < 4.78 is 33.6. The normalized spacial score (nSPS) is 15.0. The second-order valence-electron chi connectivity index (χ2n) is 6.26. The van der Waals surface area contributed by atoms with Gasteiger partial charge in [0.1, 0.15) is 10.6 Å².